The Labute approximate surface area is 116 Å². The first-order chi connectivity index (χ1) is 9.14. The minimum Gasteiger partial charge on any atom is -0.329 e. The van der Waals surface area contributed by atoms with Gasteiger partial charge >= 0.3 is 6.03 Å². The Balaban J connectivity index is 2.08. The number of hydrogen-bond donors (Lipinski definition) is 2. The van der Waals surface area contributed by atoms with Crippen LogP contribution in [0.15, 0.2) is 35.8 Å². The van der Waals surface area contributed by atoms with Gasteiger partial charge in [0.25, 0.3) is 0 Å². The molecule has 2 amide bonds. The molecule has 0 saturated carbocycles. The minimum absolute atomic E-state index is 0.273. The highest BCUT2D eigenvalue weighted by Gasteiger charge is 2.26. The van der Waals surface area contributed by atoms with E-state index in [2.05, 4.69) is 20.8 Å². The lowest BCUT2D eigenvalue weighted by Crippen LogP contribution is -2.45. The van der Waals surface area contributed by atoms with E-state index in [0.717, 1.165) is 12.0 Å². The van der Waals surface area contributed by atoms with E-state index in [-0.39, 0.29) is 6.03 Å². The molecule has 2 aromatic rings. The van der Waals surface area contributed by atoms with Crippen LogP contribution in [0, 0.1) is 0 Å². The minimum atomic E-state index is -0.407. The number of aromatic nitrogens is 2. The Kier molecular flexibility index (Phi) is 4.11. The molecule has 0 bridgehead atoms. The maximum Gasteiger partial charge on any atom is 0.321 e. The summed E-state index contributed by atoms with van der Waals surface area (Å²) in [4.78, 5) is 12.0. The van der Waals surface area contributed by atoms with Crippen LogP contribution in [0.3, 0.4) is 0 Å². The standard InChI is InChI=1S/C13H16N4OS/c1-3-13(2,10-7-5-4-6-8-10)16-11(18)15-12-17-14-9-19-12/h4-9H,3H2,1-2H3,(H2,15,16,17,18). The molecule has 6 heteroatoms. The Morgan fingerprint density at radius 2 is 2.11 bits per heavy atom. The van der Waals surface area contributed by atoms with Gasteiger partial charge in [-0.2, -0.15) is 0 Å². The molecule has 1 heterocycles. The highest BCUT2D eigenvalue weighted by Crippen LogP contribution is 2.24. The third-order valence-corrected chi connectivity index (χ3v) is 3.69. The Hall–Kier alpha value is -1.95. The van der Waals surface area contributed by atoms with Crippen LogP contribution in [-0.4, -0.2) is 16.2 Å². The molecule has 2 N–H and O–H groups in total. The number of nitrogens with one attached hydrogen (secondary N) is 2. The van der Waals surface area contributed by atoms with Crippen LogP contribution in [0.5, 0.6) is 0 Å². The first kappa shape index (κ1) is 13.5. The van der Waals surface area contributed by atoms with Gasteiger partial charge in [0.2, 0.25) is 5.13 Å². The maximum atomic E-state index is 12.0. The fourth-order valence-corrected chi connectivity index (χ4v) is 2.22. The molecule has 0 aliphatic carbocycles. The largest absolute Gasteiger partial charge is 0.329 e. The Morgan fingerprint density at radius 1 is 1.37 bits per heavy atom. The molecule has 19 heavy (non-hydrogen) atoms. The second-order valence-electron chi connectivity index (χ2n) is 4.37. The lowest BCUT2D eigenvalue weighted by Gasteiger charge is -2.30. The molecule has 2 rings (SSSR count). The topological polar surface area (TPSA) is 66.9 Å². The van der Waals surface area contributed by atoms with E-state index < -0.39 is 5.54 Å². The SMILES string of the molecule is CCC(C)(NC(=O)Nc1nncs1)c1ccccc1. The van der Waals surface area contributed by atoms with Crippen molar-refractivity contribution in [2.45, 2.75) is 25.8 Å². The van der Waals surface area contributed by atoms with Crippen molar-refractivity contribution in [3.05, 3.63) is 41.4 Å². The Bertz CT molecular complexity index is 529. The average molecular weight is 276 g/mol. The van der Waals surface area contributed by atoms with Crippen molar-refractivity contribution in [2.24, 2.45) is 0 Å². The molecular weight excluding hydrogens is 260 g/mol. The molecule has 0 aliphatic heterocycles. The first-order valence-corrected chi connectivity index (χ1v) is 6.93. The molecule has 0 radical (unpaired) electrons. The van der Waals surface area contributed by atoms with Gasteiger partial charge in [0, 0.05) is 0 Å². The summed E-state index contributed by atoms with van der Waals surface area (Å²) in [5, 5.41) is 13.6. The van der Waals surface area contributed by atoms with E-state index in [9.17, 15) is 4.79 Å². The summed E-state index contributed by atoms with van der Waals surface area (Å²) in [6, 6.07) is 9.64. The molecular formula is C13H16N4OS. The highest BCUT2D eigenvalue weighted by atomic mass is 32.1. The molecule has 0 aliphatic rings. The van der Waals surface area contributed by atoms with Crippen molar-refractivity contribution >= 4 is 22.5 Å². The molecule has 1 atom stereocenters. The quantitative estimate of drug-likeness (QED) is 0.902. The van der Waals surface area contributed by atoms with Gasteiger partial charge in [-0.25, -0.2) is 4.79 Å². The van der Waals surface area contributed by atoms with Gasteiger partial charge in [-0.3, -0.25) is 5.32 Å². The molecule has 1 aromatic heterocycles. The lowest BCUT2D eigenvalue weighted by molar-refractivity contribution is 0.238. The summed E-state index contributed by atoms with van der Waals surface area (Å²) >= 11 is 1.29. The van der Waals surface area contributed by atoms with Crippen LogP contribution in [0.2, 0.25) is 0 Å². The van der Waals surface area contributed by atoms with Gasteiger partial charge in [0.05, 0.1) is 5.54 Å². The van der Waals surface area contributed by atoms with E-state index in [1.54, 1.807) is 5.51 Å². The van der Waals surface area contributed by atoms with Gasteiger partial charge in [0.1, 0.15) is 5.51 Å². The predicted octanol–water partition coefficient (Wildman–Crippen LogP) is 2.99. The van der Waals surface area contributed by atoms with Gasteiger partial charge in [-0.05, 0) is 18.9 Å². The van der Waals surface area contributed by atoms with Crippen LogP contribution < -0.4 is 10.6 Å². The van der Waals surface area contributed by atoms with Gasteiger partial charge in [-0.15, -0.1) is 10.2 Å². The fraction of sp³-hybridized carbons (Fsp3) is 0.308. The van der Waals surface area contributed by atoms with Crippen molar-refractivity contribution in [3.63, 3.8) is 0 Å². The summed E-state index contributed by atoms with van der Waals surface area (Å²) in [6.07, 6.45) is 0.792. The number of carbonyl (C=O) groups is 1. The van der Waals surface area contributed by atoms with Crippen molar-refractivity contribution in [1.82, 2.24) is 15.5 Å². The number of urea groups is 1. The van der Waals surface area contributed by atoms with Crippen molar-refractivity contribution in [2.75, 3.05) is 5.32 Å². The maximum absolute atomic E-state index is 12.0. The van der Waals surface area contributed by atoms with Crippen LogP contribution in [0.1, 0.15) is 25.8 Å². The molecule has 0 saturated heterocycles. The van der Waals surface area contributed by atoms with Gasteiger partial charge in [0.15, 0.2) is 0 Å². The molecule has 100 valence electrons. The summed E-state index contributed by atoms with van der Waals surface area (Å²) in [6.45, 7) is 4.04. The zero-order valence-electron chi connectivity index (χ0n) is 10.9. The highest BCUT2D eigenvalue weighted by molar-refractivity contribution is 7.13. The van der Waals surface area contributed by atoms with E-state index >= 15 is 0 Å². The number of rotatable bonds is 4. The van der Waals surface area contributed by atoms with E-state index in [0.29, 0.717) is 5.13 Å². The number of amides is 2. The van der Waals surface area contributed by atoms with E-state index in [1.807, 2.05) is 44.2 Å². The first-order valence-electron chi connectivity index (χ1n) is 6.05. The van der Waals surface area contributed by atoms with Crippen molar-refractivity contribution in [3.8, 4) is 0 Å². The van der Waals surface area contributed by atoms with Crippen LogP contribution in [0.4, 0.5) is 9.93 Å². The smallest absolute Gasteiger partial charge is 0.321 e. The van der Waals surface area contributed by atoms with Crippen LogP contribution in [0.25, 0.3) is 0 Å². The van der Waals surface area contributed by atoms with Crippen LogP contribution >= 0.6 is 11.3 Å². The normalized spacial score (nSPS) is 13.6. The second kappa shape index (κ2) is 5.79. The summed E-state index contributed by atoms with van der Waals surface area (Å²) in [5.41, 5.74) is 2.24. The zero-order chi connectivity index (χ0) is 13.7. The third-order valence-electron chi connectivity index (χ3n) is 3.09. The van der Waals surface area contributed by atoms with Gasteiger partial charge in [-0.1, -0.05) is 48.6 Å². The molecule has 1 aromatic carbocycles. The fourth-order valence-electron chi connectivity index (χ4n) is 1.78. The number of benzene rings is 1. The van der Waals surface area contributed by atoms with E-state index in [4.69, 9.17) is 0 Å². The van der Waals surface area contributed by atoms with E-state index in [1.165, 1.54) is 11.3 Å². The van der Waals surface area contributed by atoms with Crippen molar-refractivity contribution < 1.29 is 4.79 Å². The molecule has 0 spiro atoms. The van der Waals surface area contributed by atoms with Crippen molar-refractivity contribution in [1.29, 1.82) is 0 Å². The molecule has 0 fully saturated rings. The van der Waals surface area contributed by atoms with Gasteiger partial charge < -0.3 is 5.32 Å². The number of carbonyl (C=O) groups excluding carboxylic acids is 1. The number of hydrogen-bond acceptors (Lipinski definition) is 4. The predicted molar refractivity (Wildman–Crippen MR) is 76.1 cm³/mol. The monoisotopic (exact) mass is 276 g/mol. The van der Waals surface area contributed by atoms with Crippen LogP contribution in [-0.2, 0) is 5.54 Å². The lowest BCUT2D eigenvalue weighted by atomic mass is 9.89. The number of anilines is 1. The number of nitrogens with zero attached hydrogens (tertiary/aromatic N) is 2. The summed E-state index contributed by atoms with van der Waals surface area (Å²) in [7, 11) is 0. The third kappa shape index (κ3) is 3.29. The zero-order valence-corrected chi connectivity index (χ0v) is 11.7. The summed E-state index contributed by atoms with van der Waals surface area (Å²) < 4.78 is 0. The second-order valence-corrected chi connectivity index (χ2v) is 5.21. The average Bonchev–Trinajstić information content (AvgIpc) is 2.92. The summed E-state index contributed by atoms with van der Waals surface area (Å²) in [5.74, 6) is 0. The molecule has 5 nitrogen and oxygen atoms in total. The Morgan fingerprint density at radius 3 is 2.68 bits per heavy atom. The molecule has 1 unspecified atom stereocenters.